The zero-order valence-corrected chi connectivity index (χ0v) is 10.7. The van der Waals surface area contributed by atoms with Crippen LogP contribution in [0.15, 0.2) is 12.7 Å². The predicted molar refractivity (Wildman–Crippen MR) is 66.7 cm³/mol. The lowest BCUT2D eigenvalue weighted by molar-refractivity contribution is -0.149. The first-order valence-corrected chi connectivity index (χ1v) is 6.38. The van der Waals surface area contributed by atoms with Gasteiger partial charge in [0, 0.05) is 5.92 Å². The second kappa shape index (κ2) is 5.48. The summed E-state index contributed by atoms with van der Waals surface area (Å²) in [5, 5.41) is 9.10. The normalized spacial score (nSPS) is 20.4. The molecule has 0 saturated heterocycles. The van der Waals surface area contributed by atoms with E-state index in [-0.39, 0.29) is 11.7 Å². The van der Waals surface area contributed by atoms with E-state index in [0.717, 1.165) is 19.3 Å². The van der Waals surface area contributed by atoms with Crippen LogP contribution < -0.4 is 0 Å². The SMILES string of the molecule is C=CC(CC(C)CCC)C(=O)C1(C(=O)O)CC1. The molecular formula is C14H22O3. The van der Waals surface area contributed by atoms with Gasteiger partial charge in [-0.25, -0.2) is 0 Å². The molecule has 2 atom stereocenters. The lowest BCUT2D eigenvalue weighted by atomic mass is 9.83. The molecule has 0 spiro atoms. The van der Waals surface area contributed by atoms with Crippen molar-refractivity contribution >= 4 is 11.8 Å². The molecule has 0 radical (unpaired) electrons. The molecule has 2 unspecified atom stereocenters. The molecule has 0 heterocycles. The van der Waals surface area contributed by atoms with E-state index in [2.05, 4.69) is 20.4 Å². The van der Waals surface area contributed by atoms with Crippen molar-refractivity contribution < 1.29 is 14.7 Å². The largest absolute Gasteiger partial charge is 0.480 e. The van der Waals surface area contributed by atoms with Gasteiger partial charge in [0.15, 0.2) is 5.78 Å². The van der Waals surface area contributed by atoms with Gasteiger partial charge in [0.1, 0.15) is 5.41 Å². The first-order chi connectivity index (χ1) is 7.97. The second-order valence-electron chi connectivity index (χ2n) is 5.22. The van der Waals surface area contributed by atoms with Crippen LogP contribution in [0.2, 0.25) is 0 Å². The molecule has 0 aromatic carbocycles. The molecule has 96 valence electrons. The quantitative estimate of drug-likeness (QED) is 0.522. The minimum atomic E-state index is -1.08. The van der Waals surface area contributed by atoms with Crippen molar-refractivity contribution in [3.05, 3.63) is 12.7 Å². The fourth-order valence-electron chi connectivity index (χ4n) is 2.40. The maximum absolute atomic E-state index is 12.2. The number of hydrogen-bond donors (Lipinski definition) is 1. The Kier molecular flexibility index (Phi) is 4.49. The van der Waals surface area contributed by atoms with E-state index in [1.54, 1.807) is 6.08 Å². The summed E-state index contributed by atoms with van der Waals surface area (Å²) >= 11 is 0. The Labute approximate surface area is 103 Å². The molecule has 0 aliphatic heterocycles. The molecule has 0 aromatic heterocycles. The lowest BCUT2D eigenvalue weighted by Gasteiger charge is -2.19. The number of carbonyl (C=O) groups excluding carboxylic acids is 1. The first kappa shape index (κ1) is 13.9. The van der Waals surface area contributed by atoms with Crippen molar-refractivity contribution in [2.24, 2.45) is 17.3 Å². The first-order valence-electron chi connectivity index (χ1n) is 6.38. The topological polar surface area (TPSA) is 54.4 Å². The number of allylic oxidation sites excluding steroid dienone is 1. The van der Waals surface area contributed by atoms with Crippen molar-refractivity contribution in [3.8, 4) is 0 Å². The number of rotatable bonds is 8. The maximum Gasteiger partial charge on any atom is 0.317 e. The van der Waals surface area contributed by atoms with Gasteiger partial charge in [-0.05, 0) is 25.2 Å². The van der Waals surface area contributed by atoms with Gasteiger partial charge in [0.2, 0.25) is 0 Å². The average Bonchev–Trinajstić information content (AvgIpc) is 3.06. The molecule has 1 N–H and O–H groups in total. The van der Waals surface area contributed by atoms with Crippen LogP contribution in [-0.4, -0.2) is 16.9 Å². The Morgan fingerprint density at radius 1 is 1.47 bits per heavy atom. The Morgan fingerprint density at radius 2 is 2.06 bits per heavy atom. The minimum absolute atomic E-state index is 0.136. The van der Waals surface area contributed by atoms with E-state index in [1.807, 2.05) is 0 Å². The summed E-state index contributed by atoms with van der Waals surface area (Å²) in [7, 11) is 0. The van der Waals surface area contributed by atoms with Crippen LogP contribution in [0, 0.1) is 17.3 Å². The fourth-order valence-corrected chi connectivity index (χ4v) is 2.40. The van der Waals surface area contributed by atoms with Gasteiger partial charge >= 0.3 is 5.97 Å². The Balaban J connectivity index is 2.65. The highest BCUT2D eigenvalue weighted by atomic mass is 16.4. The fraction of sp³-hybridized carbons (Fsp3) is 0.714. The molecule has 17 heavy (non-hydrogen) atoms. The number of carbonyl (C=O) groups is 2. The zero-order valence-electron chi connectivity index (χ0n) is 10.7. The molecule has 1 saturated carbocycles. The number of carboxylic acid groups (broad SMARTS) is 1. The smallest absolute Gasteiger partial charge is 0.317 e. The van der Waals surface area contributed by atoms with Crippen molar-refractivity contribution in [1.29, 1.82) is 0 Å². The van der Waals surface area contributed by atoms with Gasteiger partial charge in [-0.15, -0.1) is 6.58 Å². The molecule has 0 bridgehead atoms. The Hall–Kier alpha value is -1.12. The monoisotopic (exact) mass is 238 g/mol. The van der Waals surface area contributed by atoms with Gasteiger partial charge in [0.05, 0.1) is 0 Å². The maximum atomic E-state index is 12.2. The summed E-state index contributed by atoms with van der Waals surface area (Å²) in [4.78, 5) is 23.3. The molecule has 3 heteroatoms. The minimum Gasteiger partial charge on any atom is -0.480 e. The average molecular weight is 238 g/mol. The molecule has 1 aliphatic rings. The highest BCUT2D eigenvalue weighted by molar-refractivity contribution is 6.07. The number of hydrogen-bond acceptors (Lipinski definition) is 2. The van der Waals surface area contributed by atoms with Gasteiger partial charge in [-0.3, -0.25) is 9.59 Å². The molecule has 1 aliphatic carbocycles. The van der Waals surface area contributed by atoms with Crippen LogP contribution in [0.5, 0.6) is 0 Å². The van der Waals surface area contributed by atoms with E-state index in [9.17, 15) is 9.59 Å². The van der Waals surface area contributed by atoms with E-state index in [1.165, 1.54) is 0 Å². The van der Waals surface area contributed by atoms with Gasteiger partial charge < -0.3 is 5.11 Å². The summed E-state index contributed by atoms with van der Waals surface area (Å²) in [6.07, 6.45) is 5.49. The molecule has 0 aromatic rings. The predicted octanol–water partition coefficient (Wildman–Crippen LogP) is 3.05. The van der Waals surface area contributed by atoms with Crippen LogP contribution in [-0.2, 0) is 9.59 Å². The number of aliphatic carboxylic acids is 1. The van der Waals surface area contributed by atoms with Crippen LogP contribution in [0.4, 0.5) is 0 Å². The van der Waals surface area contributed by atoms with Crippen molar-refractivity contribution in [2.75, 3.05) is 0 Å². The van der Waals surface area contributed by atoms with Crippen LogP contribution in [0.25, 0.3) is 0 Å². The number of ketones is 1. The molecule has 0 amide bonds. The Morgan fingerprint density at radius 3 is 2.41 bits per heavy atom. The number of carboxylic acids is 1. The summed E-state index contributed by atoms with van der Waals surface area (Å²) in [6, 6.07) is 0. The summed E-state index contributed by atoms with van der Waals surface area (Å²) < 4.78 is 0. The van der Waals surface area contributed by atoms with E-state index in [0.29, 0.717) is 18.8 Å². The molecule has 3 nitrogen and oxygen atoms in total. The molecule has 1 rings (SSSR count). The van der Waals surface area contributed by atoms with Gasteiger partial charge in [-0.1, -0.05) is 32.8 Å². The molecule has 1 fully saturated rings. The van der Waals surface area contributed by atoms with Crippen LogP contribution in [0.3, 0.4) is 0 Å². The Bertz CT molecular complexity index is 315. The summed E-state index contributed by atoms with van der Waals surface area (Å²) in [5.74, 6) is -0.952. The van der Waals surface area contributed by atoms with Crippen LogP contribution in [0.1, 0.15) is 46.0 Å². The van der Waals surface area contributed by atoms with Crippen molar-refractivity contribution in [2.45, 2.75) is 46.0 Å². The van der Waals surface area contributed by atoms with Gasteiger partial charge in [-0.2, -0.15) is 0 Å². The summed E-state index contributed by atoms with van der Waals surface area (Å²) in [5.41, 5.74) is -1.08. The van der Waals surface area contributed by atoms with E-state index < -0.39 is 11.4 Å². The van der Waals surface area contributed by atoms with E-state index in [4.69, 9.17) is 5.11 Å². The van der Waals surface area contributed by atoms with Crippen molar-refractivity contribution in [3.63, 3.8) is 0 Å². The summed E-state index contributed by atoms with van der Waals surface area (Å²) in [6.45, 7) is 7.90. The van der Waals surface area contributed by atoms with Gasteiger partial charge in [0.25, 0.3) is 0 Å². The third-order valence-corrected chi connectivity index (χ3v) is 3.69. The lowest BCUT2D eigenvalue weighted by Crippen LogP contribution is -2.31. The highest BCUT2D eigenvalue weighted by Gasteiger charge is 2.57. The standard InChI is InChI=1S/C14H22O3/c1-4-6-10(3)9-11(5-2)12(15)14(7-8-14)13(16)17/h5,10-11H,2,4,6-9H2,1,3H3,(H,16,17). The van der Waals surface area contributed by atoms with E-state index >= 15 is 0 Å². The van der Waals surface area contributed by atoms with Crippen molar-refractivity contribution in [1.82, 2.24) is 0 Å². The van der Waals surface area contributed by atoms with Crippen LogP contribution >= 0.6 is 0 Å². The third kappa shape index (κ3) is 2.96. The molecular weight excluding hydrogens is 216 g/mol. The zero-order chi connectivity index (χ0) is 13.1. The number of Topliss-reactive ketones (excluding diaryl/α,β-unsaturated/α-hetero) is 1. The third-order valence-electron chi connectivity index (χ3n) is 3.69. The second-order valence-corrected chi connectivity index (χ2v) is 5.22. The highest BCUT2D eigenvalue weighted by Crippen LogP contribution is 2.49.